The van der Waals surface area contributed by atoms with E-state index in [1.807, 2.05) is 12.1 Å². The molecule has 3 heterocycles. The molecule has 5 nitrogen and oxygen atoms in total. The fraction of sp³-hybridized carbons (Fsp3) is 0.455. The third-order valence-corrected chi connectivity index (χ3v) is 2.89. The topological polar surface area (TPSA) is 55.3 Å². The van der Waals surface area contributed by atoms with Crippen LogP contribution in [0.25, 0.3) is 0 Å². The summed E-state index contributed by atoms with van der Waals surface area (Å²) in [7, 11) is 0. The number of anilines is 1. The van der Waals surface area contributed by atoms with Gasteiger partial charge in [-0.3, -0.25) is 0 Å². The molecule has 0 aromatic carbocycles. The van der Waals surface area contributed by atoms with Crippen LogP contribution in [-0.2, 0) is 0 Å². The normalized spacial score (nSPS) is 20.6. The second-order valence-corrected chi connectivity index (χ2v) is 3.97. The van der Waals surface area contributed by atoms with E-state index in [2.05, 4.69) is 15.1 Å². The van der Waals surface area contributed by atoms with Crippen molar-refractivity contribution in [3.05, 3.63) is 30.0 Å². The Kier molecular flexibility index (Phi) is 2.16. The minimum atomic E-state index is 0.231. The summed E-state index contributed by atoms with van der Waals surface area (Å²) in [4.78, 5) is 2.11. The van der Waals surface area contributed by atoms with Gasteiger partial charge in [0.15, 0.2) is 0 Å². The van der Waals surface area contributed by atoms with Crippen molar-refractivity contribution in [2.24, 2.45) is 0 Å². The lowest BCUT2D eigenvalue weighted by Crippen LogP contribution is -2.22. The molecule has 0 unspecified atom stereocenters. The molecule has 5 heteroatoms. The van der Waals surface area contributed by atoms with Crippen molar-refractivity contribution >= 4 is 6.01 Å². The maximum absolute atomic E-state index is 5.46. The third kappa shape index (κ3) is 1.48. The van der Waals surface area contributed by atoms with Crippen molar-refractivity contribution < 1.29 is 8.83 Å². The van der Waals surface area contributed by atoms with Gasteiger partial charge in [-0.05, 0) is 25.0 Å². The molecule has 1 saturated heterocycles. The SMILES string of the molecule is Cc1nnc(N2CCC[C@@H]2c2ccco2)o1. The van der Waals surface area contributed by atoms with Gasteiger partial charge in [0, 0.05) is 13.5 Å². The standard InChI is InChI=1S/C11H13N3O2/c1-8-12-13-11(16-8)14-6-2-4-9(14)10-5-3-7-15-10/h3,5,7,9H,2,4,6H2,1H3/t9-/m1/s1. The summed E-state index contributed by atoms with van der Waals surface area (Å²) in [5, 5.41) is 7.91. The summed E-state index contributed by atoms with van der Waals surface area (Å²) in [6.45, 7) is 2.74. The van der Waals surface area contributed by atoms with Crippen LogP contribution < -0.4 is 4.90 Å². The van der Waals surface area contributed by atoms with Gasteiger partial charge in [-0.1, -0.05) is 5.10 Å². The molecule has 0 amide bonds. The Balaban J connectivity index is 1.90. The number of aryl methyl sites for hydroxylation is 1. The van der Waals surface area contributed by atoms with Crippen LogP contribution in [0.1, 0.15) is 30.5 Å². The highest BCUT2D eigenvalue weighted by atomic mass is 16.4. The van der Waals surface area contributed by atoms with E-state index in [0.717, 1.165) is 25.1 Å². The lowest BCUT2D eigenvalue weighted by molar-refractivity contribution is 0.442. The lowest BCUT2D eigenvalue weighted by Gasteiger charge is -2.20. The van der Waals surface area contributed by atoms with Crippen molar-refractivity contribution in [2.45, 2.75) is 25.8 Å². The van der Waals surface area contributed by atoms with Gasteiger partial charge in [0.2, 0.25) is 5.89 Å². The van der Waals surface area contributed by atoms with E-state index < -0.39 is 0 Å². The number of rotatable bonds is 2. The van der Waals surface area contributed by atoms with E-state index in [0.29, 0.717) is 11.9 Å². The molecular formula is C11H13N3O2. The molecule has 16 heavy (non-hydrogen) atoms. The maximum atomic E-state index is 5.46. The molecule has 84 valence electrons. The minimum Gasteiger partial charge on any atom is -0.467 e. The highest BCUT2D eigenvalue weighted by molar-refractivity contribution is 5.32. The first-order valence-electron chi connectivity index (χ1n) is 5.45. The summed E-state index contributed by atoms with van der Waals surface area (Å²) in [6.07, 6.45) is 3.88. The quantitative estimate of drug-likeness (QED) is 0.775. The average molecular weight is 219 g/mol. The molecule has 1 fully saturated rings. The first-order valence-corrected chi connectivity index (χ1v) is 5.45. The summed E-state index contributed by atoms with van der Waals surface area (Å²) in [5.41, 5.74) is 0. The largest absolute Gasteiger partial charge is 0.467 e. The zero-order chi connectivity index (χ0) is 11.0. The van der Waals surface area contributed by atoms with Crippen molar-refractivity contribution in [2.75, 3.05) is 11.4 Å². The average Bonchev–Trinajstić information content (AvgIpc) is 2.96. The number of hydrogen-bond donors (Lipinski definition) is 0. The minimum absolute atomic E-state index is 0.231. The molecule has 1 aliphatic heterocycles. The maximum Gasteiger partial charge on any atom is 0.318 e. The van der Waals surface area contributed by atoms with Gasteiger partial charge in [0.05, 0.1) is 12.3 Å². The highest BCUT2D eigenvalue weighted by Gasteiger charge is 2.31. The van der Waals surface area contributed by atoms with Gasteiger partial charge in [-0.25, -0.2) is 0 Å². The van der Waals surface area contributed by atoms with E-state index in [9.17, 15) is 0 Å². The van der Waals surface area contributed by atoms with Crippen LogP contribution in [0, 0.1) is 6.92 Å². The summed E-state index contributed by atoms with van der Waals surface area (Å²) >= 11 is 0. The second-order valence-electron chi connectivity index (χ2n) is 3.97. The number of nitrogens with zero attached hydrogens (tertiary/aromatic N) is 3. The monoisotopic (exact) mass is 219 g/mol. The second kappa shape index (κ2) is 3.66. The Morgan fingerprint density at radius 3 is 3.06 bits per heavy atom. The first-order chi connectivity index (χ1) is 7.84. The first kappa shape index (κ1) is 9.45. The van der Waals surface area contributed by atoms with Crippen LogP contribution in [0.2, 0.25) is 0 Å². The Hall–Kier alpha value is -1.78. The fourth-order valence-corrected chi connectivity index (χ4v) is 2.17. The molecule has 0 aliphatic carbocycles. The van der Waals surface area contributed by atoms with E-state index in [1.165, 1.54) is 0 Å². The Morgan fingerprint density at radius 2 is 2.38 bits per heavy atom. The third-order valence-electron chi connectivity index (χ3n) is 2.89. The molecule has 0 radical (unpaired) electrons. The van der Waals surface area contributed by atoms with Crippen LogP contribution >= 0.6 is 0 Å². The van der Waals surface area contributed by atoms with Crippen LogP contribution in [-0.4, -0.2) is 16.7 Å². The molecule has 1 atom stereocenters. The van der Waals surface area contributed by atoms with Gasteiger partial charge in [-0.2, -0.15) is 0 Å². The van der Waals surface area contributed by atoms with E-state index in [4.69, 9.17) is 8.83 Å². The molecular weight excluding hydrogens is 206 g/mol. The fourth-order valence-electron chi connectivity index (χ4n) is 2.17. The van der Waals surface area contributed by atoms with Gasteiger partial charge >= 0.3 is 6.01 Å². The Morgan fingerprint density at radius 1 is 1.44 bits per heavy atom. The van der Waals surface area contributed by atoms with Gasteiger partial charge in [0.1, 0.15) is 5.76 Å². The molecule has 2 aromatic rings. The molecule has 0 bridgehead atoms. The number of hydrogen-bond acceptors (Lipinski definition) is 5. The van der Waals surface area contributed by atoms with E-state index >= 15 is 0 Å². The van der Waals surface area contributed by atoms with Gasteiger partial charge in [0.25, 0.3) is 0 Å². The number of aromatic nitrogens is 2. The van der Waals surface area contributed by atoms with Gasteiger partial charge in [-0.15, -0.1) is 5.10 Å². The van der Waals surface area contributed by atoms with Crippen LogP contribution in [0.5, 0.6) is 0 Å². The zero-order valence-electron chi connectivity index (χ0n) is 9.09. The van der Waals surface area contributed by atoms with Crippen molar-refractivity contribution in [1.82, 2.24) is 10.2 Å². The molecule has 1 aliphatic rings. The zero-order valence-corrected chi connectivity index (χ0v) is 9.09. The molecule has 0 spiro atoms. The molecule has 2 aromatic heterocycles. The molecule has 3 rings (SSSR count). The van der Waals surface area contributed by atoms with Gasteiger partial charge < -0.3 is 13.7 Å². The predicted molar refractivity (Wildman–Crippen MR) is 57.1 cm³/mol. The summed E-state index contributed by atoms with van der Waals surface area (Å²) < 4.78 is 10.9. The van der Waals surface area contributed by atoms with E-state index in [1.54, 1.807) is 13.2 Å². The smallest absolute Gasteiger partial charge is 0.318 e. The lowest BCUT2D eigenvalue weighted by atomic mass is 10.2. The van der Waals surface area contributed by atoms with Crippen molar-refractivity contribution in [3.63, 3.8) is 0 Å². The highest BCUT2D eigenvalue weighted by Crippen LogP contribution is 2.35. The Bertz CT molecular complexity index is 463. The number of furan rings is 1. The molecule has 0 N–H and O–H groups in total. The van der Waals surface area contributed by atoms with Crippen LogP contribution in [0.4, 0.5) is 6.01 Å². The molecule has 0 saturated carbocycles. The predicted octanol–water partition coefficient (Wildman–Crippen LogP) is 2.31. The van der Waals surface area contributed by atoms with Crippen LogP contribution in [0.15, 0.2) is 27.2 Å². The Labute approximate surface area is 93.1 Å². The van der Waals surface area contributed by atoms with Crippen LogP contribution in [0.3, 0.4) is 0 Å². The van der Waals surface area contributed by atoms with E-state index in [-0.39, 0.29) is 6.04 Å². The van der Waals surface area contributed by atoms with Crippen molar-refractivity contribution in [3.8, 4) is 0 Å². The summed E-state index contributed by atoms with van der Waals surface area (Å²) in [5.74, 6) is 1.56. The summed E-state index contributed by atoms with van der Waals surface area (Å²) in [6, 6.07) is 4.73. The van der Waals surface area contributed by atoms with Crippen molar-refractivity contribution in [1.29, 1.82) is 0 Å².